The number of hydroxylamine groups is 1. The first-order chi connectivity index (χ1) is 6.96. The summed E-state index contributed by atoms with van der Waals surface area (Å²) < 4.78 is 13.9. The summed E-state index contributed by atoms with van der Waals surface area (Å²) in [5.41, 5.74) is 2.54. The monoisotopic (exact) mass is 231 g/mol. The summed E-state index contributed by atoms with van der Waals surface area (Å²) >= 11 is 5.98. The first kappa shape index (κ1) is 12.4. The van der Waals surface area contributed by atoms with E-state index in [0.29, 0.717) is 17.1 Å². The van der Waals surface area contributed by atoms with Crippen LogP contribution in [0.2, 0.25) is 5.02 Å². The summed E-state index contributed by atoms with van der Waals surface area (Å²) in [6, 6.07) is 5.31. The van der Waals surface area contributed by atoms with Crippen LogP contribution in [0.5, 0.6) is 0 Å². The highest BCUT2D eigenvalue weighted by Crippen LogP contribution is 2.33. The lowest BCUT2D eigenvalue weighted by molar-refractivity contribution is 0.0856. The lowest BCUT2D eigenvalue weighted by Crippen LogP contribution is -2.18. The Morgan fingerprint density at radius 1 is 1.47 bits per heavy atom. The fourth-order valence-corrected chi connectivity index (χ4v) is 1.95. The van der Waals surface area contributed by atoms with Gasteiger partial charge in [0.1, 0.15) is 5.67 Å². The van der Waals surface area contributed by atoms with Gasteiger partial charge in [-0.25, -0.2) is 4.39 Å². The van der Waals surface area contributed by atoms with E-state index < -0.39 is 5.67 Å². The van der Waals surface area contributed by atoms with Crippen molar-refractivity contribution in [2.24, 2.45) is 0 Å². The normalized spacial score (nSPS) is 11.8. The molecule has 0 saturated carbocycles. The second-order valence-corrected chi connectivity index (χ2v) is 4.18. The van der Waals surface area contributed by atoms with E-state index in [-0.39, 0.29) is 0 Å². The number of halogens is 2. The fraction of sp³-hybridized carbons (Fsp3) is 0.455. The van der Waals surface area contributed by atoms with Crippen molar-refractivity contribution in [3.63, 3.8) is 0 Å². The van der Waals surface area contributed by atoms with Gasteiger partial charge in [-0.2, -0.15) is 5.48 Å². The number of benzene rings is 1. The third-order valence-electron chi connectivity index (χ3n) is 2.10. The smallest absolute Gasteiger partial charge is 0.132 e. The van der Waals surface area contributed by atoms with Crippen molar-refractivity contribution in [1.82, 2.24) is 5.48 Å². The Labute approximate surface area is 94.3 Å². The molecule has 2 nitrogen and oxygen atoms in total. The molecule has 0 spiro atoms. The average molecular weight is 232 g/mol. The van der Waals surface area contributed by atoms with Crippen molar-refractivity contribution in [2.45, 2.75) is 26.1 Å². The maximum Gasteiger partial charge on any atom is 0.132 e. The molecule has 0 atom stereocenters. The zero-order chi connectivity index (χ0) is 11.5. The average Bonchev–Trinajstić information content (AvgIpc) is 2.12. The van der Waals surface area contributed by atoms with Crippen LogP contribution < -0.4 is 5.48 Å². The van der Waals surface area contributed by atoms with E-state index in [1.807, 2.05) is 6.07 Å². The lowest BCUT2D eigenvalue weighted by atomic mass is 9.94. The van der Waals surface area contributed by atoms with E-state index in [9.17, 15) is 4.39 Å². The molecule has 0 radical (unpaired) electrons. The van der Waals surface area contributed by atoms with E-state index in [0.717, 1.165) is 5.56 Å². The number of rotatable bonds is 4. The Balaban J connectivity index is 3.09. The van der Waals surface area contributed by atoms with Crippen LogP contribution in [0.1, 0.15) is 25.0 Å². The van der Waals surface area contributed by atoms with Gasteiger partial charge in [0, 0.05) is 17.1 Å². The summed E-state index contributed by atoms with van der Waals surface area (Å²) in [5.74, 6) is 0. The summed E-state index contributed by atoms with van der Waals surface area (Å²) in [6.07, 6.45) is 0. The van der Waals surface area contributed by atoms with Gasteiger partial charge in [0.2, 0.25) is 0 Å². The Morgan fingerprint density at radius 3 is 2.67 bits per heavy atom. The van der Waals surface area contributed by atoms with Crippen LogP contribution >= 0.6 is 11.6 Å². The lowest BCUT2D eigenvalue weighted by Gasteiger charge is -2.20. The van der Waals surface area contributed by atoms with Crippen LogP contribution in [0.4, 0.5) is 4.39 Å². The van der Waals surface area contributed by atoms with Crippen LogP contribution in [-0.4, -0.2) is 7.11 Å². The van der Waals surface area contributed by atoms with Gasteiger partial charge in [0.25, 0.3) is 0 Å². The van der Waals surface area contributed by atoms with Gasteiger partial charge in [-0.15, -0.1) is 0 Å². The molecule has 0 fully saturated rings. The Hall–Kier alpha value is -0.640. The van der Waals surface area contributed by atoms with E-state index in [1.165, 1.54) is 21.0 Å². The molecule has 0 aromatic heterocycles. The molecule has 1 rings (SSSR count). The first-order valence-corrected chi connectivity index (χ1v) is 5.07. The molecule has 4 heteroatoms. The molecule has 0 heterocycles. The van der Waals surface area contributed by atoms with Gasteiger partial charge < -0.3 is 4.84 Å². The van der Waals surface area contributed by atoms with Crippen molar-refractivity contribution >= 4 is 11.6 Å². The third kappa shape index (κ3) is 3.16. The van der Waals surface area contributed by atoms with Gasteiger partial charge >= 0.3 is 0 Å². The minimum atomic E-state index is -1.46. The van der Waals surface area contributed by atoms with Crippen LogP contribution in [0.15, 0.2) is 18.2 Å². The molecule has 15 heavy (non-hydrogen) atoms. The van der Waals surface area contributed by atoms with Crippen molar-refractivity contribution in [3.8, 4) is 0 Å². The third-order valence-corrected chi connectivity index (χ3v) is 2.42. The van der Waals surface area contributed by atoms with Crippen molar-refractivity contribution in [2.75, 3.05) is 7.11 Å². The van der Waals surface area contributed by atoms with Crippen molar-refractivity contribution < 1.29 is 9.23 Å². The van der Waals surface area contributed by atoms with Gasteiger partial charge in [-0.1, -0.05) is 23.7 Å². The molecular weight excluding hydrogens is 217 g/mol. The quantitative estimate of drug-likeness (QED) is 0.804. The Bertz CT molecular complexity index is 336. The van der Waals surface area contributed by atoms with Gasteiger partial charge in [0.05, 0.1) is 7.11 Å². The van der Waals surface area contributed by atoms with E-state index in [4.69, 9.17) is 16.4 Å². The highest BCUT2D eigenvalue weighted by atomic mass is 35.5. The van der Waals surface area contributed by atoms with Gasteiger partial charge in [-0.05, 0) is 25.5 Å². The van der Waals surface area contributed by atoms with Crippen LogP contribution in [0, 0.1) is 0 Å². The number of alkyl halides is 1. The molecule has 0 saturated heterocycles. The molecule has 1 aromatic carbocycles. The molecule has 0 unspecified atom stereocenters. The summed E-state index contributed by atoms with van der Waals surface area (Å²) in [4.78, 5) is 4.74. The molecule has 0 bridgehead atoms. The minimum Gasteiger partial charge on any atom is -0.305 e. The maximum atomic E-state index is 13.9. The van der Waals surface area contributed by atoms with Crippen LogP contribution in [-0.2, 0) is 17.1 Å². The van der Waals surface area contributed by atoms with E-state index in [2.05, 4.69) is 5.48 Å². The second kappa shape index (κ2) is 4.92. The molecular formula is C11H15ClFNO. The molecule has 0 aliphatic carbocycles. The van der Waals surface area contributed by atoms with Gasteiger partial charge in [0.15, 0.2) is 0 Å². The zero-order valence-electron chi connectivity index (χ0n) is 9.10. The SMILES string of the molecule is CONCc1cccc(Cl)c1C(C)(C)F. The number of hydrogen-bond donors (Lipinski definition) is 1. The molecule has 0 aliphatic heterocycles. The van der Waals surface area contributed by atoms with Crippen molar-refractivity contribution in [3.05, 3.63) is 34.3 Å². The van der Waals surface area contributed by atoms with Crippen LogP contribution in [0.25, 0.3) is 0 Å². The maximum absolute atomic E-state index is 13.9. The largest absolute Gasteiger partial charge is 0.305 e. The highest BCUT2D eigenvalue weighted by Gasteiger charge is 2.25. The highest BCUT2D eigenvalue weighted by molar-refractivity contribution is 6.31. The second-order valence-electron chi connectivity index (χ2n) is 3.77. The molecule has 0 aliphatic rings. The molecule has 0 amide bonds. The Kier molecular flexibility index (Phi) is 4.08. The van der Waals surface area contributed by atoms with E-state index >= 15 is 0 Å². The minimum absolute atomic E-state index is 0.430. The summed E-state index contributed by atoms with van der Waals surface area (Å²) in [5, 5.41) is 0.443. The Morgan fingerprint density at radius 2 is 2.13 bits per heavy atom. The topological polar surface area (TPSA) is 21.3 Å². The van der Waals surface area contributed by atoms with Crippen LogP contribution in [0.3, 0.4) is 0 Å². The van der Waals surface area contributed by atoms with Crippen molar-refractivity contribution in [1.29, 1.82) is 0 Å². The van der Waals surface area contributed by atoms with Gasteiger partial charge in [-0.3, -0.25) is 0 Å². The standard InChI is InChI=1S/C11H15ClFNO/c1-11(2,13)10-8(7-14-15-3)5-4-6-9(10)12/h4-6,14H,7H2,1-3H3. The number of hydrogen-bond acceptors (Lipinski definition) is 2. The number of nitrogens with one attached hydrogen (secondary N) is 1. The fourth-order valence-electron chi connectivity index (χ4n) is 1.53. The first-order valence-electron chi connectivity index (χ1n) is 4.69. The molecule has 1 aromatic rings. The molecule has 1 N–H and O–H groups in total. The summed E-state index contributed by atoms with van der Waals surface area (Å²) in [6.45, 7) is 3.41. The predicted molar refractivity (Wildman–Crippen MR) is 59.4 cm³/mol. The van der Waals surface area contributed by atoms with E-state index in [1.54, 1.807) is 12.1 Å². The molecule has 84 valence electrons. The summed E-state index contributed by atoms with van der Waals surface area (Å²) in [7, 11) is 1.52. The predicted octanol–water partition coefficient (Wildman–Crippen LogP) is 3.20. The zero-order valence-corrected chi connectivity index (χ0v) is 9.86.